The monoisotopic (exact) mass is 604 g/mol. The molecule has 1 aromatic heterocycles. The Morgan fingerprint density at radius 3 is 2.37 bits per heavy atom. The van der Waals surface area contributed by atoms with Crippen molar-refractivity contribution < 1.29 is 23.1 Å². The van der Waals surface area contributed by atoms with Crippen LogP contribution >= 0.6 is 0 Å². The van der Waals surface area contributed by atoms with Gasteiger partial charge in [-0.05, 0) is 65.5 Å². The summed E-state index contributed by atoms with van der Waals surface area (Å²) < 4.78 is 33.7. The summed E-state index contributed by atoms with van der Waals surface area (Å²) in [4.78, 5) is 41.5. The van der Waals surface area contributed by atoms with Crippen molar-refractivity contribution in [3.8, 4) is 0 Å². The molecule has 11 heteroatoms. The van der Waals surface area contributed by atoms with Gasteiger partial charge in [0, 0.05) is 69.5 Å². The number of nitrogens with zero attached hydrogens (tertiary/aromatic N) is 5. The Kier molecular flexibility index (Phi) is 9.90. The van der Waals surface area contributed by atoms with E-state index in [2.05, 4.69) is 34.0 Å². The van der Waals surface area contributed by atoms with Gasteiger partial charge in [-0.15, -0.1) is 0 Å². The number of nitrogens with one attached hydrogen (secondary N) is 1. The first-order valence-corrected chi connectivity index (χ1v) is 16.4. The summed E-state index contributed by atoms with van der Waals surface area (Å²) in [6.07, 6.45) is 5.40. The lowest BCUT2D eigenvalue weighted by molar-refractivity contribution is -0.142. The lowest BCUT2D eigenvalue weighted by Gasteiger charge is -2.55. The summed E-state index contributed by atoms with van der Waals surface area (Å²) >= 11 is 0. The molecule has 1 unspecified atom stereocenters. The zero-order chi connectivity index (χ0) is 30.8. The number of alkyl halides is 2. The molecular formula is C32H50F2N6O3. The summed E-state index contributed by atoms with van der Waals surface area (Å²) in [5, 5.41) is 3.29. The SMILES string of the molecule is CCCCC1CN([C@@H](CC(F)F)[C@H]2CCNC2)C(=O)OC12CCN(C1(C)CCN(C(=O)c3c(C)ncnc3C)CC1)CC2. The second-order valence-corrected chi connectivity index (χ2v) is 13.6. The summed E-state index contributed by atoms with van der Waals surface area (Å²) in [6, 6.07) is -0.495. The van der Waals surface area contributed by atoms with Crippen LogP contribution in [-0.2, 0) is 4.74 Å². The van der Waals surface area contributed by atoms with Crippen molar-refractivity contribution in [1.82, 2.24) is 30.0 Å². The molecule has 5 rings (SSSR count). The molecule has 9 nitrogen and oxygen atoms in total. The first-order chi connectivity index (χ1) is 20.6. The van der Waals surface area contributed by atoms with Crippen LogP contribution in [0.25, 0.3) is 0 Å². The fourth-order valence-corrected chi connectivity index (χ4v) is 8.14. The van der Waals surface area contributed by atoms with E-state index in [4.69, 9.17) is 4.74 Å². The van der Waals surface area contributed by atoms with Gasteiger partial charge in [-0.1, -0.05) is 19.8 Å². The van der Waals surface area contributed by atoms with Crippen LogP contribution in [0.5, 0.6) is 0 Å². The Labute approximate surface area is 255 Å². The maximum absolute atomic E-state index is 13.7. The first-order valence-electron chi connectivity index (χ1n) is 16.4. The molecule has 0 aliphatic carbocycles. The van der Waals surface area contributed by atoms with Crippen LogP contribution in [0, 0.1) is 25.7 Å². The van der Waals surface area contributed by atoms with E-state index in [1.807, 2.05) is 18.7 Å². The molecule has 3 atom stereocenters. The van der Waals surface area contributed by atoms with Gasteiger partial charge in [0.25, 0.3) is 5.91 Å². The molecule has 43 heavy (non-hydrogen) atoms. The number of unbranched alkanes of at least 4 members (excludes halogenated alkanes) is 1. The second-order valence-electron chi connectivity index (χ2n) is 13.6. The van der Waals surface area contributed by atoms with Gasteiger partial charge in [0.1, 0.15) is 11.9 Å². The highest BCUT2D eigenvalue weighted by molar-refractivity contribution is 5.96. The van der Waals surface area contributed by atoms with Crippen LogP contribution in [0.1, 0.15) is 93.4 Å². The number of rotatable bonds is 9. The van der Waals surface area contributed by atoms with E-state index in [-0.39, 0.29) is 29.7 Å². The van der Waals surface area contributed by atoms with Crippen molar-refractivity contribution in [1.29, 1.82) is 0 Å². The maximum atomic E-state index is 13.7. The highest BCUT2D eigenvalue weighted by Gasteiger charge is 2.53. The highest BCUT2D eigenvalue weighted by atomic mass is 19.3. The molecular weight excluding hydrogens is 554 g/mol. The molecule has 1 spiro atoms. The van der Waals surface area contributed by atoms with Gasteiger partial charge >= 0.3 is 6.09 Å². The smallest absolute Gasteiger partial charge is 0.410 e. The zero-order valence-electron chi connectivity index (χ0n) is 26.4. The largest absolute Gasteiger partial charge is 0.442 e. The van der Waals surface area contributed by atoms with Gasteiger partial charge in [-0.25, -0.2) is 23.5 Å². The van der Waals surface area contributed by atoms with E-state index in [0.717, 1.165) is 71.0 Å². The Bertz CT molecular complexity index is 1110. The Morgan fingerprint density at radius 1 is 1.12 bits per heavy atom. The van der Waals surface area contributed by atoms with Gasteiger partial charge in [0.05, 0.1) is 17.0 Å². The third-order valence-electron chi connectivity index (χ3n) is 11.0. The van der Waals surface area contributed by atoms with E-state index >= 15 is 0 Å². The van der Waals surface area contributed by atoms with Crippen LogP contribution in [-0.4, -0.2) is 106 Å². The van der Waals surface area contributed by atoms with Crippen molar-refractivity contribution >= 4 is 12.0 Å². The number of ether oxygens (including phenoxy) is 1. The molecule has 4 fully saturated rings. The minimum atomic E-state index is -2.46. The number of hydrogen-bond acceptors (Lipinski definition) is 7. The minimum Gasteiger partial charge on any atom is -0.442 e. The summed E-state index contributed by atoms with van der Waals surface area (Å²) in [5.74, 6) is 0.170. The molecule has 0 saturated carbocycles. The summed E-state index contributed by atoms with van der Waals surface area (Å²) in [7, 11) is 0. The highest BCUT2D eigenvalue weighted by Crippen LogP contribution is 2.44. The van der Waals surface area contributed by atoms with Crippen LogP contribution in [0.15, 0.2) is 6.33 Å². The van der Waals surface area contributed by atoms with E-state index in [9.17, 15) is 18.4 Å². The third kappa shape index (κ3) is 6.67. The maximum Gasteiger partial charge on any atom is 0.410 e. The molecule has 1 N–H and O–H groups in total. The fraction of sp³-hybridized carbons (Fsp3) is 0.812. The Balaban J connectivity index is 1.24. The fourth-order valence-electron chi connectivity index (χ4n) is 8.14. The standard InChI is InChI=1S/C32H50F2N6O3/c1-5-6-7-25-20-40(26(18-27(33)34)24-8-13-35-19-24)30(42)43-32(25)11-16-39(17-12-32)31(4)9-14-38(15-10-31)29(41)28-22(2)36-21-37-23(28)3/h21,24-27,35H,5-20H2,1-4H3/t24-,25?,26-/m0/s1. The van der Waals surface area contributed by atoms with Crippen molar-refractivity contribution in [2.75, 3.05) is 45.8 Å². The Hall–Kier alpha value is -2.40. The number of piperidine rings is 2. The van der Waals surface area contributed by atoms with Crippen molar-refractivity contribution in [3.05, 3.63) is 23.3 Å². The molecule has 0 radical (unpaired) electrons. The Morgan fingerprint density at radius 2 is 1.79 bits per heavy atom. The molecule has 4 saturated heterocycles. The molecule has 4 aliphatic heterocycles. The number of likely N-dealkylation sites (tertiary alicyclic amines) is 2. The van der Waals surface area contributed by atoms with E-state index in [0.29, 0.717) is 43.1 Å². The predicted molar refractivity (Wildman–Crippen MR) is 160 cm³/mol. The van der Waals surface area contributed by atoms with E-state index in [1.54, 1.807) is 4.90 Å². The van der Waals surface area contributed by atoms with Crippen LogP contribution in [0.3, 0.4) is 0 Å². The van der Waals surface area contributed by atoms with Crippen LogP contribution < -0.4 is 5.32 Å². The molecule has 4 aliphatic rings. The van der Waals surface area contributed by atoms with Crippen LogP contribution in [0.2, 0.25) is 0 Å². The third-order valence-corrected chi connectivity index (χ3v) is 11.0. The van der Waals surface area contributed by atoms with Crippen molar-refractivity contribution in [2.24, 2.45) is 11.8 Å². The number of carbonyl (C=O) groups is 2. The first kappa shape index (κ1) is 32.0. The number of amides is 2. The van der Waals surface area contributed by atoms with Gasteiger partial charge in [0.15, 0.2) is 0 Å². The number of halogens is 2. The van der Waals surface area contributed by atoms with E-state index in [1.165, 1.54) is 6.33 Å². The normalized spacial score (nSPS) is 26.6. The van der Waals surface area contributed by atoms with E-state index < -0.39 is 24.2 Å². The molecule has 2 amide bonds. The molecule has 0 aromatic carbocycles. The molecule has 1 aromatic rings. The molecule has 5 heterocycles. The predicted octanol–water partition coefficient (Wildman–Crippen LogP) is 4.81. The summed E-state index contributed by atoms with van der Waals surface area (Å²) in [5.41, 5.74) is 1.45. The number of carbonyl (C=O) groups excluding carboxylic acids is 2. The minimum absolute atomic E-state index is 0.00576. The van der Waals surface area contributed by atoms with Crippen molar-refractivity contribution in [3.63, 3.8) is 0 Å². The lowest BCUT2D eigenvalue weighted by atomic mass is 9.73. The lowest BCUT2D eigenvalue weighted by Crippen LogP contribution is -2.65. The van der Waals surface area contributed by atoms with Crippen molar-refractivity contribution in [2.45, 2.75) is 109 Å². The van der Waals surface area contributed by atoms with Gasteiger partial charge in [-0.2, -0.15) is 0 Å². The summed E-state index contributed by atoms with van der Waals surface area (Å²) in [6.45, 7) is 13.1. The van der Waals surface area contributed by atoms with Gasteiger partial charge < -0.3 is 19.9 Å². The topological polar surface area (TPSA) is 90.9 Å². The number of aryl methyl sites for hydroxylation is 2. The zero-order valence-corrected chi connectivity index (χ0v) is 26.4. The van der Waals surface area contributed by atoms with Gasteiger partial charge in [0.2, 0.25) is 6.43 Å². The number of aromatic nitrogens is 2. The van der Waals surface area contributed by atoms with Gasteiger partial charge in [-0.3, -0.25) is 9.69 Å². The molecule has 240 valence electrons. The number of hydrogen-bond donors (Lipinski definition) is 1. The average molecular weight is 605 g/mol. The van der Waals surface area contributed by atoms with Crippen LogP contribution in [0.4, 0.5) is 13.6 Å². The average Bonchev–Trinajstić information content (AvgIpc) is 3.51. The quantitative estimate of drug-likeness (QED) is 0.433. The molecule has 0 bridgehead atoms. The second kappa shape index (κ2) is 13.3.